The Morgan fingerprint density at radius 1 is 1.43 bits per heavy atom. The summed E-state index contributed by atoms with van der Waals surface area (Å²) in [5, 5.41) is 0. The van der Waals surface area contributed by atoms with Gasteiger partial charge in [-0.05, 0) is 12.5 Å². The van der Waals surface area contributed by atoms with Crippen molar-refractivity contribution in [1.29, 1.82) is 0 Å². The molecule has 0 fully saturated rings. The van der Waals surface area contributed by atoms with Gasteiger partial charge < -0.3 is 4.74 Å². The van der Waals surface area contributed by atoms with Crippen LogP contribution in [0.25, 0.3) is 4.85 Å². The lowest BCUT2D eigenvalue weighted by molar-refractivity contribution is 0.148. The minimum absolute atomic E-state index is 0.503. The maximum Gasteiger partial charge on any atom is 0.160 e. The Kier molecular flexibility index (Phi) is 4.46. The second kappa shape index (κ2) is 5.95. The zero-order chi connectivity index (χ0) is 10.2. The van der Waals surface area contributed by atoms with Crippen LogP contribution in [0.15, 0.2) is 42.1 Å². The van der Waals surface area contributed by atoms with Crippen molar-refractivity contribution in [3.05, 3.63) is 59.1 Å². The Morgan fingerprint density at radius 3 is 2.79 bits per heavy atom. The van der Waals surface area contributed by atoms with Crippen LogP contribution in [0.3, 0.4) is 0 Å². The van der Waals surface area contributed by atoms with Gasteiger partial charge >= 0.3 is 0 Å². The molecule has 0 bridgehead atoms. The maximum absolute atomic E-state index is 6.71. The second-order valence-corrected chi connectivity index (χ2v) is 2.96. The molecule has 0 amide bonds. The van der Waals surface area contributed by atoms with Crippen LogP contribution < -0.4 is 0 Å². The molecule has 0 spiro atoms. The van der Waals surface area contributed by atoms with Crippen LogP contribution in [0.1, 0.15) is 12.5 Å². The molecule has 0 aliphatic carbocycles. The summed E-state index contributed by atoms with van der Waals surface area (Å²) in [6, 6.07) is 9.99. The van der Waals surface area contributed by atoms with Crippen molar-refractivity contribution in [3.8, 4) is 0 Å². The van der Waals surface area contributed by atoms with Gasteiger partial charge in [-0.15, -0.1) is 0 Å². The van der Waals surface area contributed by atoms with Crippen LogP contribution in [0.2, 0.25) is 0 Å². The summed E-state index contributed by atoms with van der Waals surface area (Å²) in [5.74, 6) is 0. The van der Waals surface area contributed by atoms with Crippen LogP contribution >= 0.6 is 0 Å². The molecule has 0 saturated carbocycles. The first-order valence-electron chi connectivity index (χ1n) is 4.49. The first kappa shape index (κ1) is 10.5. The third-order valence-electron chi connectivity index (χ3n) is 1.78. The van der Waals surface area contributed by atoms with Gasteiger partial charge in [0.15, 0.2) is 5.70 Å². The van der Waals surface area contributed by atoms with Gasteiger partial charge in [-0.3, -0.25) is 0 Å². The van der Waals surface area contributed by atoms with E-state index in [1.165, 1.54) is 0 Å². The number of hydrogen-bond donors (Lipinski definition) is 0. The average Bonchev–Trinajstić information content (AvgIpc) is 2.25. The van der Waals surface area contributed by atoms with Crippen molar-refractivity contribution < 1.29 is 4.74 Å². The van der Waals surface area contributed by atoms with Crippen molar-refractivity contribution in [1.82, 2.24) is 0 Å². The summed E-state index contributed by atoms with van der Waals surface area (Å²) in [7, 11) is 0. The largest absolute Gasteiger partial charge is 0.374 e. The Morgan fingerprint density at radius 2 is 2.14 bits per heavy atom. The maximum atomic E-state index is 6.71. The quantitative estimate of drug-likeness (QED) is 0.522. The first-order chi connectivity index (χ1) is 6.83. The van der Waals surface area contributed by atoms with Gasteiger partial charge in [0.05, 0.1) is 19.8 Å². The molecular formula is C12H13NO. The van der Waals surface area contributed by atoms with Gasteiger partial charge in [0.1, 0.15) is 0 Å². The molecule has 0 atom stereocenters. The molecule has 0 heterocycles. The Balaban J connectivity index is 2.27. The number of ether oxygens (including phenoxy) is 1. The Labute approximate surface area is 84.6 Å². The highest BCUT2D eigenvalue weighted by atomic mass is 16.5. The molecule has 14 heavy (non-hydrogen) atoms. The zero-order valence-corrected chi connectivity index (χ0v) is 8.23. The molecule has 0 N–H and O–H groups in total. The lowest BCUT2D eigenvalue weighted by atomic mass is 10.2. The van der Waals surface area contributed by atoms with Crippen molar-refractivity contribution in [2.75, 3.05) is 6.61 Å². The summed E-state index contributed by atoms with van der Waals surface area (Å²) in [6.07, 6.45) is 1.79. The SMILES string of the molecule is [C-]#[N+]/C(C)=C/COCc1ccccc1. The highest BCUT2D eigenvalue weighted by Crippen LogP contribution is 2.01. The van der Waals surface area contributed by atoms with Crippen molar-refractivity contribution in [2.24, 2.45) is 0 Å². The minimum atomic E-state index is 0.503. The monoisotopic (exact) mass is 187 g/mol. The lowest BCUT2D eigenvalue weighted by Crippen LogP contribution is -1.92. The number of hydrogen-bond acceptors (Lipinski definition) is 1. The third kappa shape index (κ3) is 3.88. The van der Waals surface area contributed by atoms with E-state index in [4.69, 9.17) is 11.3 Å². The first-order valence-corrected chi connectivity index (χ1v) is 4.49. The average molecular weight is 187 g/mol. The van der Waals surface area contributed by atoms with Crippen LogP contribution in [-0.2, 0) is 11.3 Å². The molecule has 2 nitrogen and oxygen atoms in total. The van der Waals surface area contributed by atoms with E-state index in [0.29, 0.717) is 18.9 Å². The van der Waals surface area contributed by atoms with Gasteiger partial charge in [0.25, 0.3) is 0 Å². The van der Waals surface area contributed by atoms with Gasteiger partial charge in [-0.25, -0.2) is 4.85 Å². The third-order valence-corrected chi connectivity index (χ3v) is 1.78. The fourth-order valence-electron chi connectivity index (χ4n) is 0.976. The molecule has 1 aromatic rings. The highest BCUT2D eigenvalue weighted by Gasteiger charge is 1.90. The molecule has 1 aromatic carbocycles. The van der Waals surface area contributed by atoms with Crippen LogP contribution in [0, 0.1) is 6.57 Å². The summed E-state index contributed by atoms with van der Waals surface area (Å²) >= 11 is 0. The summed E-state index contributed by atoms with van der Waals surface area (Å²) in [6.45, 7) is 9.59. The molecule has 0 radical (unpaired) electrons. The van der Waals surface area contributed by atoms with E-state index in [9.17, 15) is 0 Å². The van der Waals surface area contributed by atoms with E-state index in [1.54, 1.807) is 13.0 Å². The molecule has 2 heteroatoms. The molecular weight excluding hydrogens is 174 g/mol. The molecule has 1 rings (SSSR count). The molecule has 0 unspecified atom stereocenters. The van der Waals surface area contributed by atoms with Crippen molar-refractivity contribution in [3.63, 3.8) is 0 Å². The smallest absolute Gasteiger partial charge is 0.160 e. The number of benzene rings is 1. The molecule has 0 aliphatic heterocycles. The van der Waals surface area contributed by atoms with Gasteiger partial charge in [-0.1, -0.05) is 36.4 Å². The van der Waals surface area contributed by atoms with Crippen LogP contribution in [-0.4, -0.2) is 6.61 Å². The Bertz CT molecular complexity index is 335. The number of nitrogens with zero attached hydrogens (tertiary/aromatic N) is 1. The normalized spacial score (nSPS) is 11.0. The highest BCUT2D eigenvalue weighted by molar-refractivity contribution is 5.13. The molecule has 0 aliphatic rings. The van der Waals surface area contributed by atoms with Crippen molar-refractivity contribution >= 4 is 0 Å². The predicted molar refractivity (Wildman–Crippen MR) is 56.5 cm³/mol. The van der Waals surface area contributed by atoms with Crippen LogP contribution in [0.5, 0.6) is 0 Å². The summed E-state index contributed by atoms with van der Waals surface area (Å²) in [5.41, 5.74) is 1.83. The standard InChI is InChI=1S/C12H13NO/c1-11(13-2)8-9-14-10-12-6-4-3-5-7-12/h3-8H,9-10H2,1H3/b11-8+. The van der Waals surface area contributed by atoms with E-state index < -0.39 is 0 Å². The fraction of sp³-hybridized carbons (Fsp3) is 0.250. The van der Waals surface area contributed by atoms with Crippen molar-refractivity contribution in [2.45, 2.75) is 13.5 Å². The van der Waals surface area contributed by atoms with Gasteiger partial charge in [0, 0.05) is 0 Å². The fourth-order valence-corrected chi connectivity index (χ4v) is 0.976. The van der Waals surface area contributed by atoms with E-state index >= 15 is 0 Å². The molecule has 0 saturated heterocycles. The second-order valence-electron chi connectivity index (χ2n) is 2.96. The van der Waals surface area contributed by atoms with Gasteiger partial charge in [-0.2, -0.15) is 0 Å². The summed E-state index contributed by atoms with van der Waals surface area (Å²) < 4.78 is 5.37. The topological polar surface area (TPSA) is 13.6 Å². The van der Waals surface area contributed by atoms with E-state index in [1.807, 2.05) is 30.3 Å². The van der Waals surface area contributed by atoms with Gasteiger partial charge in [0.2, 0.25) is 0 Å². The van der Waals surface area contributed by atoms with E-state index in [2.05, 4.69) is 4.85 Å². The Hall–Kier alpha value is -1.59. The zero-order valence-electron chi connectivity index (χ0n) is 8.23. The lowest BCUT2D eigenvalue weighted by Gasteiger charge is -2.00. The number of rotatable bonds is 4. The predicted octanol–water partition coefficient (Wildman–Crippen LogP) is 3.03. The minimum Gasteiger partial charge on any atom is -0.374 e. The molecule has 72 valence electrons. The summed E-state index contributed by atoms with van der Waals surface area (Å²) in [4.78, 5) is 3.26. The number of allylic oxidation sites excluding steroid dienone is 1. The van der Waals surface area contributed by atoms with E-state index in [-0.39, 0.29) is 0 Å². The molecule has 0 aromatic heterocycles. The van der Waals surface area contributed by atoms with E-state index in [0.717, 1.165) is 5.56 Å². The van der Waals surface area contributed by atoms with Crippen LogP contribution in [0.4, 0.5) is 0 Å².